The number of aromatic nitrogens is 4. The average Bonchev–Trinajstić information content (AvgIpc) is 2.63. The minimum atomic E-state index is -0.488. The Morgan fingerprint density at radius 2 is 2.25 bits per heavy atom. The number of rotatable bonds is 3. The number of piperidine rings is 1. The molecule has 1 saturated heterocycles. The monoisotopic (exact) mass is 329 g/mol. The number of carbonyl (C=O) groups excluding carboxylic acids is 1. The molecule has 0 radical (unpaired) electrons. The molecule has 1 aliphatic rings. The number of hydrogen-bond acceptors (Lipinski definition) is 5. The van der Waals surface area contributed by atoms with Crippen molar-refractivity contribution in [2.75, 3.05) is 13.1 Å². The number of carbonyl (C=O) groups is 1. The van der Waals surface area contributed by atoms with Gasteiger partial charge >= 0.3 is 5.69 Å². The van der Waals surface area contributed by atoms with Crippen LogP contribution in [0.2, 0.25) is 0 Å². The summed E-state index contributed by atoms with van der Waals surface area (Å²) in [5.41, 5.74) is 0.308. The fraction of sp³-hybridized carbons (Fsp3) is 0.438. The van der Waals surface area contributed by atoms with Gasteiger partial charge < -0.3 is 9.88 Å². The van der Waals surface area contributed by atoms with Crippen molar-refractivity contribution in [3.8, 4) is 0 Å². The molecule has 2 aromatic rings. The number of amides is 1. The lowest BCUT2D eigenvalue weighted by Crippen LogP contribution is -2.42. The molecule has 8 heteroatoms. The zero-order valence-electron chi connectivity index (χ0n) is 13.4. The number of nitrogens with one attached hydrogen (secondary N) is 1. The topological polar surface area (TPSA) is 101 Å². The van der Waals surface area contributed by atoms with Crippen LogP contribution in [-0.2, 0) is 18.3 Å². The molecule has 0 spiro atoms. The van der Waals surface area contributed by atoms with E-state index in [1.807, 2.05) is 6.07 Å². The highest BCUT2D eigenvalue weighted by molar-refractivity contribution is 5.78. The number of nitrogens with zero attached hydrogens (tertiary/aromatic N) is 4. The second kappa shape index (κ2) is 6.77. The van der Waals surface area contributed by atoms with E-state index in [0.717, 1.165) is 23.1 Å². The lowest BCUT2D eigenvalue weighted by atomic mass is 9.94. The maximum atomic E-state index is 12.5. The van der Waals surface area contributed by atoms with E-state index < -0.39 is 11.2 Å². The van der Waals surface area contributed by atoms with E-state index >= 15 is 0 Å². The molecule has 1 fully saturated rings. The second-order valence-corrected chi connectivity index (χ2v) is 5.97. The van der Waals surface area contributed by atoms with E-state index in [4.69, 9.17) is 0 Å². The molecule has 1 amide bonds. The van der Waals surface area contributed by atoms with E-state index in [0.29, 0.717) is 18.7 Å². The highest BCUT2D eigenvalue weighted by Gasteiger charge is 2.26. The Hall–Kier alpha value is -2.77. The van der Waals surface area contributed by atoms with Crippen molar-refractivity contribution < 1.29 is 4.79 Å². The highest BCUT2D eigenvalue weighted by atomic mass is 16.2. The van der Waals surface area contributed by atoms with Gasteiger partial charge in [0.25, 0.3) is 5.56 Å². The van der Waals surface area contributed by atoms with Crippen molar-refractivity contribution in [2.45, 2.75) is 25.2 Å². The molecule has 8 nitrogen and oxygen atoms in total. The van der Waals surface area contributed by atoms with Crippen molar-refractivity contribution in [2.24, 2.45) is 7.05 Å². The largest absolute Gasteiger partial charge is 0.342 e. The standard InChI is InChI=1S/C16H19N5O3/c1-20-15(23)12(8-18-16(20)24)7-14(22)21-6-2-3-11(9-21)13-4-5-17-10-19-13/h4-5,8,10-11H,2-3,6-7,9H2,1H3,(H,18,24)/t11-/m0/s1. The van der Waals surface area contributed by atoms with Crippen LogP contribution in [0.5, 0.6) is 0 Å². The molecular formula is C16H19N5O3. The van der Waals surface area contributed by atoms with Gasteiger partial charge in [-0.2, -0.15) is 0 Å². The molecule has 126 valence electrons. The minimum Gasteiger partial charge on any atom is -0.342 e. The number of likely N-dealkylation sites (tertiary alicyclic amines) is 1. The van der Waals surface area contributed by atoms with Crippen LogP contribution in [0.3, 0.4) is 0 Å². The lowest BCUT2D eigenvalue weighted by Gasteiger charge is -2.32. The van der Waals surface area contributed by atoms with Crippen molar-refractivity contribution in [3.63, 3.8) is 0 Å². The Balaban J connectivity index is 1.72. The first-order chi connectivity index (χ1) is 11.6. The summed E-state index contributed by atoms with van der Waals surface area (Å²) >= 11 is 0. The predicted molar refractivity (Wildman–Crippen MR) is 86.6 cm³/mol. The molecule has 1 atom stereocenters. The number of H-pyrrole nitrogens is 1. The van der Waals surface area contributed by atoms with Crippen molar-refractivity contribution in [1.82, 2.24) is 24.4 Å². The Kier molecular flexibility index (Phi) is 4.54. The van der Waals surface area contributed by atoms with Gasteiger partial charge in [0.15, 0.2) is 0 Å². The minimum absolute atomic E-state index is 0.0139. The average molecular weight is 329 g/mol. The van der Waals surface area contributed by atoms with E-state index in [9.17, 15) is 14.4 Å². The van der Waals surface area contributed by atoms with Crippen LogP contribution in [-0.4, -0.2) is 43.4 Å². The summed E-state index contributed by atoms with van der Waals surface area (Å²) in [6.07, 6.45) is 6.40. The van der Waals surface area contributed by atoms with Gasteiger partial charge in [-0.25, -0.2) is 14.8 Å². The van der Waals surface area contributed by atoms with Crippen LogP contribution in [0.4, 0.5) is 0 Å². The molecule has 0 unspecified atom stereocenters. The quantitative estimate of drug-likeness (QED) is 0.841. The molecule has 24 heavy (non-hydrogen) atoms. The van der Waals surface area contributed by atoms with Gasteiger partial charge in [0.1, 0.15) is 6.33 Å². The van der Waals surface area contributed by atoms with Gasteiger partial charge in [-0.15, -0.1) is 0 Å². The van der Waals surface area contributed by atoms with Gasteiger partial charge in [0, 0.05) is 49.7 Å². The summed E-state index contributed by atoms with van der Waals surface area (Å²) in [7, 11) is 1.39. The van der Waals surface area contributed by atoms with Crippen molar-refractivity contribution in [3.05, 3.63) is 56.9 Å². The van der Waals surface area contributed by atoms with Gasteiger partial charge in [-0.05, 0) is 18.9 Å². The van der Waals surface area contributed by atoms with Gasteiger partial charge in [0.05, 0.1) is 6.42 Å². The Bertz CT molecular complexity index is 843. The van der Waals surface area contributed by atoms with Gasteiger partial charge in [0.2, 0.25) is 5.91 Å². The SMILES string of the molecule is Cn1c(=O)[nH]cc(CC(=O)N2CCC[C@H](c3ccncn3)C2)c1=O. The summed E-state index contributed by atoms with van der Waals surface area (Å²) < 4.78 is 0.975. The van der Waals surface area contributed by atoms with Gasteiger partial charge in [-0.3, -0.25) is 14.2 Å². The second-order valence-electron chi connectivity index (χ2n) is 5.97. The third-order valence-corrected chi connectivity index (χ3v) is 4.39. The Morgan fingerprint density at radius 3 is 3.00 bits per heavy atom. The Labute approximate surface area is 138 Å². The number of hydrogen-bond donors (Lipinski definition) is 1. The summed E-state index contributed by atoms with van der Waals surface area (Å²) in [6, 6.07) is 1.87. The normalized spacial score (nSPS) is 17.7. The summed E-state index contributed by atoms with van der Waals surface area (Å²) in [4.78, 5) is 48.4. The van der Waals surface area contributed by atoms with Crippen LogP contribution in [0.1, 0.15) is 30.0 Å². The van der Waals surface area contributed by atoms with Crippen LogP contribution in [0, 0.1) is 0 Å². The van der Waals surface area contributed by atoms with Crippen LogP contribution >= 0.6 is 0 Å². The number of aromatic amines is 1. The first-order valence-corrected chi connectivity index (χ1v) is 7.87. The lowest BCUT2D eigenvalue weighted by molar-refractivity contribution is -0.131. The van der Waals surface area contributed by atoms with E-state index in [2.05, 4.69) is 15.0 Å². The first kappa shape index (κ1) is 16.1. The van der Waals surface area contributed by atoms with Crippen molar-refractivity contribution in [1.29, 1.82) is 0 Å². The molecule has 1 aliphatic heterocycles. The van der Waals surface area contributed by atoms with Crippen LogP contribution in [0.15, 0.2) is 34.4 Å². The molecule has 0 bridgehead atoms. The molecule has 0 saturated carbocycles. The molecule has 3 rings (SSSR count). The zero-order chi connectivity index (χ0) is 17.1. The zero-order valence-corrected chi connectivity index (χ0v) is 13.4. The maximum absolute atomic E-state index is 12.5. The summed E-state index contributed by atoms with van der Waals surface area (Å²) in [5.74, 6) is 0.0713. The third kappa shape index (κ3) is 3.27. The summed E-state index contributed by atoms with van der Waals surface area (Å²) in [5, 5.41) is 0. The molecular weight excluding hydrogens is 310 g/mol. The molecule has 3 heterocycles. The molecule has 0 aliphatic carbocycles. The van der Waals surface area contributed by atoms with Crippen molar-refractivity contribution >= 4 is 5.91 Å². The first-order valence-electron chi connectivity index (χ1n) is 7.87. The smallest absolute Gasteiger partial charge is 0.328 e. The molecule has 1 N–H and O–H groups in total. The predicted octanol–water partition coefficient (Wildman–Crippen LogP) is -0.188. The third-order valence-electron chi connectivity index (χ3n) is 4.39. The maximum Gasteiger partial charge on any atom is 0.328 e. The molecule has 0 aromatic carbocycles. The van der Waals surface area contributed by atoms with Gasteiger partial charge in [-0.1, -0.05) is 0 Å². The van der Waals surface area contributed by atoms with Crippen LogP contribution < -0.4 is 11.2 Å². The molecule has 2 aromatic heterocycles. The summed E-state index contributed by atoms with van der Waals surface area (Å²) in [6.45, 7) is 1.25. The fourth-order valence-corrected chi connectivity index (χ4v) is 3.00. The van der Waals surface area contributed by atoms with Crippen LogP contribution in [0.25, 0.3) is 0 Å². The van der Waals surface area contributed by atoms with E-state index in [1.54, 1.807) is 11.1 Å². The highest BCUT2D eigenvalue weighted by Crippen LogP contribution is 2.25. The van der Waals surface area contributed by atoms with E-state index in [1.165, 1.54) is 19.6 Å². The fourth-order valence-electron chi connectivity index (χ4n) is 3.00. The Morgan fingerprint density at radius 1 is 1.42 bits per heavy atom. The van der Waals surface area contributed by atoms with E-state index in [-0.39, 0.29) is 18.2 Å².